The maximum Gasteiger partial charge on any atom is 0.147 e. The highest BCUT2D eigenvalue weighted by Gasteiger charge is 2.44. The number of benzene rings is 1. The number of hydrogen-bond acceptors (Lipinski definition) is 7. The van der Waals surface area contributed by atoms with Gasteiger partial charge in [0.15, 0.2) is 0 Å². The van der Waals surface area contributed by atoms with Gasteiger partial charge in [-0.25, -0.2) is 14.4 Å². The molecule has 4 atom stereocenters. The zero-order chi connectivity index (χ0) is 20.0. The summed E-state index contributed by atoms with van der Waals surface area (Å²) in [6, 6.07) is 3.15. The van der Waals surface area contributed by atoms with Gasteiger partial charge in [-0.05, 0) is 18.2 Å². The molecule has 0 radical (unpaired) electrons. The van der Waals surface area contributed by atoms with E-state index >= 15 is 0 Å². The first kappa shape index (κ1) is 18.9. The minimum absolute atomic E-state index is 0.216. The summed E-state index contributed by atoms with van der Waals surface area (Å²) in [6.07, 6.45) is -0.0530. The molecule has 0 saturated heterocycles. The van der Waals surface area contributed by atoms with Crippen LogP contribution in [0.4, 0.5) is 10.2 Å². The first-order valence-electron chi connectivity index (χ1n) is 8.59. The smallest absolute Gasteiger partial charge is 0.147 e. The molecule has 2 heterocycles. The van der Waals surface area contributed by atoms with Crippen molar-refractivity contribution in [1.29, 1.82) is 0 Å². The number of rotatable bonds is 4. The normalized spacial score (nSPS) is 24.8. The summed E-state index contributed by atoms with van der Waals surface area (Å²) in [4.78, 5) is 8.11. The number of ether oxygens (including phenoxy) is 1. The molecule has 1 aliphatic carbocycles. The lowest BCUT2D eigenvalue weighted by Gasteiger charge is -2.20. The van der Waals surface area contributed by atoms with E-state index in [2.05, 4.69) is 9.97 Å². The monoisotopic (exact) mass is 408 g/mol. The molecule has 148 valence electrons. The van der Waals surface area contributed by atoms with Crippen molar-refractivity contribution in [2.75, 3.05) is 5.73 Å². The van der Waals surface area contributed by atoms with Crippen LogP contribution in [-0.4, -0.2) is 48.2 Å². The number of nitrogens with two attached hydrogens (primary N) is 1. The van der Waals surface area contributed by atoms with Crippen LogP contribution in [0.3, 0.4) is 0 Å². The highest BCUT2D eigenvalue weighted by molar-refractivity contribution is 6.36. The second-order valence-corrected chi connectivity index (χ2v) is 7.10. The Bertz CT molecular complexity index is 1030. The Morgan fingerprint density at radius 3 is 2.82 bits per heavy atom. The fourth-order valence-corrected chi connectivity index (χ4v) is 3.91. The van der Waals surface area contributed by atoms with E-state index in [1.807, 2.05) is 0 Å². The number of halogens is 2. The van der Waals surface area contributed by atoms with Crippen LogP contribution in [0.1, 0.15) is 18.0 Å². The first-order chi connectivity index (χ1) is 13.4. The van der Waals surface area contributed by atoms with E-state index in [9.17, 15) is 19.7 Å². The lowest BCUT2D eigenvalue weighted by Crippen LogP contribution is -2.34. The van der Waals surface area contributed by atoms with Gasteiger partial charge in [0.05, 0.1) is 23.1 Å². The molecule has 8 nitrogen and oxygen atoms in total. The summed E-state index contributed by atoms with van der Waals surface area (Å²) < 4.78 is 20.8. The van der Waals surface area contributed by atoms with Crippen LogP contribution in [0.5, 0.6) is 5.75 Å². The average Bonchev–Trinajstić information content (AvgIpc) is 3.15. The predicted octanol–water partition coefficient (Wildman–Crippen LogP) is 1.41. The van der Waals surface area contributed by atoms with E-state index in [1.165, 1.54) is 18.5 Å². The van der Waals surface area contributed by atoms with Crippen molar-refractivity contribution < 1.29 is 24.4 Å². The lowest BCUT2D eigenvalue weighted by molar-refractivity contribution is -0.0168. The van der Waals surface area contributed by atoms with Crippen molar-refractivity contribution in [2.45, 2.75) is 37.4 Å². The largest absolute Gasteiger partial charge is 0.487 e. The number of fused-ring (bicyclic) bond motifs is 1. The molecule has 10 heteroatoms. The molecule has 1 aromatic carbocycles. The maximum absolute atomic E-state index is 13.4. The molecule has 3 aromatic rings. The molecule has 1 fully saturated rings. The molecule has 28 heavy (non-hydrogen) atoms. The summed E-state index contributed by atoms with van der Waals surface area (Å²) in [6.45, 7) is -0.421. The minimum Gasteiger partial charge on any atom is -0.487 e. The number of hydrogen-bond donors (Lipinski definition) is 4. The summed E-state index contributed by atoms with van der Waals surface area (Å²) in [5, 5.41) is 31.3. The molecule has 0 bridgehead atoms. The number of nitrogens with zero attached hydrogens (tertiary/aromatic N) is 3. The number of anilines is 1. The minimum atomic E-state index is -1.21. The fourth-order valence-electron chi connectivity index (χ4n) is 3.62. The molecular weight excluding hydrogens is 391 g/mol. The second kappa shape index (κ2) is 7.17. The molecule has 4 rings (SSSR count). The standard InChI is InChI=1S/C18H18ClFN4O4/c19-10-5-24(18-14(10)17(21)22-7-23-18)11-4-13(16(27)15(11)26)28-12-2-1-9(20)3-8(12)6-25/h1-3,5,7,11,13,15-16,25-27H,4,6H2,(H2,21,22,23)/t11?,13?,15-,16+/m0/s1. The van der Waals surface area contributed by atoms with Crippen LogP contribution < -0.4 is 10.5 Å². The molecule has 0 aliphatic heterocycles. The fraction of sp³-hybridized carbons (Fsp3) is 0.333. The van der Waals surface area contributed by atoms with Gasteiger partial charge >= 0.3 is 0 Å². The third-order valence-corrected chi connectivity index (χ3v) is 5.31. The van der Waals surface area contributed by atoms with Crippen molar-refractivity contribution in [3.8, 4) is 5.75 Å². The van der Waals surface area contributed by atoms with Crippen LogP contribution >= 0.6 is 11.6 Å². The second-order valence-electron chi connectivity index (χ2n) is 6.69. The van der Waals surface area contributed by atoms with Gasteiger partial charge in [0, 0.05) is 18.2 Å². The Hall–Kier alpha value is -2.46. The molecule has 1 aliphatic rings. The van der Waals surface area contributed by atoms with Gasteiger partial charge in [0.1, 0.15) is 47.7 Å². The third-order valence-electron chi connectivity index (χ3n) is 5.02. The number of nitrogen functional groups attached to an aromatic ring is 1. The van der Waals surface area contributed by atoms with Crippen molar-refractivity contribution in [2.24, 2.45) is 0 Å². The summed E-state index contributed by atoms with van der Waals surface area (Å²) >= 11 is 6.25. The summed E-state index contributed by atoms with van der Waals surface area (Å²) in [7, 11) is 0. The van der Waals surface area contributed by atoms with Gasteiger partial charge in [-0.3, -0.25) is 0 Å². The quantitative estimate of drug-likeness (QED) is 0.514. The lowest BCUT2D eigenvalue weighted by atomic mass is 10.2. The molecule has 0 amide bonds. The Balaban J connectivity index is 1.65. The Kier molecular flexibility index (Phi) is 4.84. The third kappa shape index (κ3) is 3.06. The van der Waals surface area contributed by atoms with Gasteiger partial charge in [-0.2, -0.15) is 0 Å². The molecule has 0 spiro atoms. The van der Waals surface area contributed by atoms with Gasteiger partial charge in [-0.1, -0.05) is 11.6 Å². The van der Waals surface area contributed by atoms with E-state index in [0.717, 1.165) is 6.07 Å². The van der Waals surface area contributed by atoms with Crippen LogP contribution in [-0.2, 0) is 6.61 Å². The average molecular weight is 409 g/mol. The SMILES string of the molecule is Nc1ncnc2c1c(Cl)cn2C1CC(Oc2ccc(F)cc2CO)[C@@H](O)[C@H]1O. The van der Waals surface area contributed by atoms with Crippen molar-refractivity contribution in [3.05, 3.63) is 47.1 Å². The summed E-state index contributed by atoms with van der Waals surface area (Å²) in [5.74, 6) is -0.0525. The topological polar surface area (TPSA) is 127 Å². The Morgan fingerprint density at radius 1 is 1.29 bits per heavy atom. The van der Waals surface area contributed by atoms with E-state index in [-0.39, 0.29) is 23.6 Å². The first-order valence-corrected chi connectivity index (χ1v) is 8.97. The van der Waals surface area contributed by atoms with Crippen molar-refractivity contribution in [1.82, 2.24) is 14.5 Å². The van der Waals surface area contributed by atoms with E-state index < -0.39 is 36.8 Å². The summed E-state index contributed by atoms with van der Waals surface area (Å²) in [5.41, 5.74) is 6.55. The molecule has 1 saturated carbocycles. The molecule has 2 unspecified atom stereocenters. The van der Waals surface area contributed by atoms with Crippen molar-refractivity contribution >= 4 is 28.5 Å². The highest BCUT2D eigenvalue weighted by atomic mass is 35.5. The van der Waals surface area contributed by atoms with E-state index in [1.54, 1.807) is 10.8 Å². The van der Waals surface area contributed by atoms with Crippen LogP contribution in [0.25, 0.3) is 11.0 Å². The van der Waals surface area contributed by atoms with Crippen LogP contribution in [0.15, 0.2) is 30.7 Å². The zero-order valence-electron chi connectivity index (χ0n) is 14.5. The van der Waals surface area contributed by atoms with Gasteiger partial charge < -0.3 is 30.4 Å². The number of aliphatic hydroxyl groups excluding tert-OH is 3. The maximum atomic E-state index is 13.4. The van der Waals surface area contributed by atoms with E-state index in [4.69, 9.17) is 22.1 Å². The van der Waals surface area contributed by atoms with E-state index in [0.29, 0.717) is 16.1 Å². The Labute approximate surface area is 164 Å². The molecular formula is C18H18ClFN4O4. The van der Waals surface area contributed by atoms with Crippen LogP contribution in [0.2, 0.25) is 5.02 Å². The Morgan fingerprint density at radius 2 is 2.07 bits per heavy atom. The molecule has 5 N–H and O–H groups in total. The number of aliphatic hydroxyl groups is 3. The van der Waals surface area contributed by atoms with Crippen molar-refractivity contribution in [3.63, 3.8) is 0 Å². The van der Waals surface area contributed by atoms with Gasteiger partial charge in [0.25, 0.3) is 0 Å². The number of aromatic nitrogens is 3. The highest BCUT2D eigenvalue weighted by Crippen LogP contribution is 2.39. The zero-order valence-corrected chi connectivity index (χ0v) is 15.3. The van der Waals surface area contributed by atoms with Crippen LogP contribution in [0, 0.1) is 5.82 Å². The predicted molar refractivity (Wildman–Crippen MR) is 99.4 cm³/mol. The van der Waals surface area contributed by atoms with Gasteiger partial charge in [0.2, 0.25) is 0 Å². The van der Waals surface area contributed by atoms with Gasteiger partial charge in [-0.15, -0.1) is 0 Å². The molecule has 2 aromatic heterocycles.